The zero-order valence-corrected chi connectivity index (χ0v) is 8.91. The highest BCUT2D eigenvalue weighted by molar-refractivity contribution is 5.62. The molecule has 0 aliphatic heterocycles. The van der Waals surface area contributed by atoms with Gasteiger partial charge in [-0.2, -0.15) is 5.10 Å². The summed E-state index contributed by atoms with van der Waals surface area (Å²) < 4.78 is 0. The van der Waals surface area contributed by atoms with Gasteiger partial charge in [0.1, 0.15) is 0 Å². The zero-order chi connectivity index (χ0) is 10.7. The number of hydrogen-bond donors (Lipinski definition) is 2. The lowest BCUT2D eigenvalue weighted by Gasteiger charge is -2.02. The molecule has 2 aromatic rings. The summed E-state index contributed by atoms with van der Waals surface area (Å²) in [5, 5.41) is 10.4. The van der Waals surface area contributed by atoms with Crippen molar-refractivity contribution in [1.82, 2.24) is 20.5 Å². The van der Waals surface area contributed by atoms with Gasteiger partial charge in [-0.15, -0.1) is 0 Å². The Hall–Kier alpha value is -1.68. The molecule has 0 aromatic carbocycles. The first-order valence-electron chi connectivity index (χ1n) is 4.91. The van der Waals surface area contributed by atoms with Gasteiger partial charge in [0, 0.05) is 35.8 Å². The normalized spacial score (nSPS) is 10.5. The summed E-state index contributed by atoms with van der Waals surface area (Å²) in [5.74, 6) is 0. The first kappa shape index (κ1) is 9.86. The predicted octanol–water partition coefficient (Wildman–Crippen LogP) is 1.50. The average Bonchev–Trinajstić information content (AvgIpc) is 2.63. The van der Waals surface area contributed by atoms with E-state index in [0.29, 0.717) is 0 Å². The maximum atomic E-state index is 4.30. The number of aryl methyl sites for hydroxylation is 1. The van der Waals surface area contributed by atoms with E-state index in [9.17, 15) is 0 Å². The third-order valence-electron chi connectivity index (χ3n) is 2.36. The molecule has 78 valence electrons. The number of hydrogen-bond acceptors (Lipinski definition) is 3. The maximum Gasteiger partial charge on any atom is 0.0983 e. The monoisotopic (exact) mass is 202 g/mol. The van der Waals surface area contributed by atoms with Crippen LogP contribution in [0, 0.1) is 6.92 Å². The van der Waals surface area contributed by atoms with Crippen LogP contribution in [0.4, 0.5) is 0 Å². The lowest BCUT2D eigenvalue weighted by Crippen LogP contribution is -2.06. The van der Waals surface area contributed by atoms with E-state index in [0.717, 1.165) is 23.5 Å². The Bertz CT molecular complexity index is 433. The lowest BCUT2D eigenvalue weighted by molar-refractivity contribution is 0.813. The SMILES string of the molecule is CNCc1c(-c2cccnc2)n[nH]c1C. The summed E-state index contributed by atoms with van der Waals surface area (Å²) in [5.41, 5.74) is 4.33. The molecule has 4 heteroatoms. The van der Waals surface area contributed by atoms with E-state index in [-0.39, 0.29) is 0 Å². The number of nitrogens with zero attached hydrogens (tertiary/aromatic N) is 2. The maximum absolute atomic E-state index is 4.30. The summed E-state index contributed by atoms with van der Waals surface area (Å²) in [6.45, 7) is 2.84. The first-order chi connectivity index (χ1) is 7.33. The van der Waals surface area contributed by atoms with Crippen LogP contribution in [0.5, 0.6) is 0 Å². The van der Waals surface area contributed by atoms with Gasteiger partial charge in [-0.1, -0.05) is 0 Å². The van der Waals surface area contributed by atoms with E-state index in [4.69, 9.17) is 0 Å². The fraction of sp³-hybridized carbons (Fsp3) is 0.273. The first-order valence-corrected chi connectivity index (χ1v) is 4.91. The minimum atomic E-state index is 0.812. The van der Waals surface area contributed by atoms with Gasteiger partial charge in [0.2, 0.25) is 0 Å². The Labute approximate surface area is 88.8 Å². The predicted molar refractivity (Wildman–Crippen MR) is 59.3 cm³/mol. The molecule has 0 saturated carbocycles. The fourth-order valence-electron chi connectivity index (χ4n) is 1.59. The molecule has 2 heterocycles. The van der Waals surface area contributed by atoms with Gasteiger partial charge in [0.25, 0.3) is 0 Å². The van der Waals surface area contributed by atoms with Gasteiger partial charge in [-0.05, 0) is 26.1 Å². The molecule has 0 aliphatic rings. The smallest absolute Gasteiger partial charge is 0.0983 e. The van der Waals surface area contributed by atoms with Gasteiger partial charge in [-0.25, -0.2) is 0 Å². The molecule has 0 amide bonds. The number of H-pyrrole nitrogens is 1. The summed E-state index contributed by atoms with van der Waals surface area (Å²) in [6.07, 6.45) is 3.59. The molecule has 2 rings (SSSR count). The Morgan fingerprint density at radius 1 is 1.47 bits per heavy atom. The highest BCUT2D eigenvalue weighted by Gasteiger charge is 2.10. The second kappa shape index (κ2) is 4.23. The molecular weight excluding hydrogens is 188 g/mol. The Kier molecular flexibility index (Phi) is 2.78. The molecule has 0 fully saturated rings. The molecule has 2 aromatic heterocycles. The van der Waals surface area contributed by atoms with E-state index in [1.54, 1.807) is 6.20 Å². The van der Waals surface area contributed by atoms with E-state index in [1.165, 1.54) is 5.56 Å². The van der Waals surface area contributed by atoms with Crippen molar-refractivity contribution in [3.63, 3.8) is 0 Å². The molecule has 0 unspecified atom stereocenters. The van der Waals surface area contributed by atoms with Crippen LogP contribution < -0.4 is 5.32 Å². The molecule has 2 N–H and O–H groups in total. The van der Waals surface area contributed by atoms with Crippen molar-refractivity contribution in [3.8, 4) is 11.3 Å². The standard InChI is InChI=1S/C11H14N4/c1-8-10(7-12-2)11(15-14-8)9-4-3-5-13-6-9/h3-6,12H,7H2,1-2H3,(H,14,15). The minimum absolute atomic E-state index is 0.812. The minimum Gasteiger partial charge on any atom is -0.316 e. The Balaban J connectivity index is 2.44. The summed E-state index contributed by atoms with van der Waals surface area (Å²) in [7, 11) is 1.93. The van der Waals surface area contributed by atoms with E-state index in [2.05, 4.69) is 20.5 Å². The highest BCUT2D eigenvalue weighted by atomic mass is 15.1. The van der Waals surface area contributed by atoms with Crippen molar-refractivity contribution >= 4 is 0 Å². The van der Waals surface area contributed by atoms with Crippen molar-refractivity contribution < 1.29 is 0 Å². The van der Waals surface area contributed by atoms with Crippen molar-refractivity contribution in [2.24, 2.45) is 0 Å². The molecule has 0 saturated heterocycles. The number of rotatable bonds is 3. The van der Waals surface area contributed by atoms with Crippen LogP contribution in [0.3, 0.4) is 0 Å². The number of aromatic amines is 1. The van der Waals surface area contributed by atoms with Crippen molar-refractivity contribution in [2.75, 3.05) is 7.05 Å². The highest BCUT2D eigenvalue weighted by Crippen LogP contribution is 2.22. The Morgan fingerprint density at radius 2 is 2.33 bits per heavy atom. The molecule has 0 aliphatic carbocycles. The van der Waals surface area contributed by atoms with E-state index >= 15 is 0 Å². The van der Waals surface area contributed by atoms with Crippen LogP contribution in [0.15, 0.2) is 24.5 Å². The third-order valence-corrected chi connectivity index (χ3v) is 2.36. The van der Waals surface area contributed by atoms with Crippen LogP contribution in [0.25, 0.3) is 11.3 Å². The van der Waals surface area contributed by atoms with Crippen LogP contribution in [-0.4, -0.2) is 22.2 Å². The Morgan fingerprint density at radius 3 is 3.00 bits per heavy atom. The quantitative estimate of drug-likeness (QED) is 0.793. The fourth-order valence-corrected chi connectivity index (χ4v) is 1.59. The number of nitrogens with one attached hydrogen (secondary N) is 2. The van der Waals surface area contributed by atoms with Crippen LogP contribution in [0.1, 0.15) is 11.3 Å². The van der Waals surface area contributed by atoms with Gasteiger partial charge in [-0.3, -0.25) is 10.1 Å². The van der Waals surface area contributed by atoms with Crippen molar-refractivity contribution in [2.45, 2.75) is 13.5 Å². The topological polar surface area (TPSA) is 53.6 Å². The second-order valence-corrected chi connectivity index (χ2v) is 3.45. The molecule has 4 nitrogen and oxygen atoms in total. The largest absolute Gasteiger partial charge is 0.316 e. The molecular formula is C11H14N4. The van der Waals surface area contributed by atoms with Gasteiger partial charge < -0.3 is 5.32 Å². The number of aromatic nitrogens is 3. The molecule has 0 atom stereocenters. The zero-order valence-electron chi connectivity index (χ0n) is 8.91. The number of pyridine rings is 1. The summed E-state index contributed by atoms with van der Waals surface area (Å²) in [4.78, 5) is 4.10. The van der Waals surface area contributed by atoms with E-state index in [1.807, 2.05) is 32.3 Å². The molecule has 0 bridgehead atoms. The van der Waals surface area contributed by atoms with Crippen LogP contribution >= 0.6 is 0 Å². The second-order valence-electron chi connectivity index (χ2n) is 3.45. The van der Waals surface area contributed by atoms with Crippen LogP contribution in [-0.2, 0) is 6.54 Å². The van der Waals surface area contributed by atoms with Gasteiger partial charge in [0.05, 0.1) is 5.69 Å². The summed E-state index contributed by atoms with van der Waals surface area (Å²) in [6, 6.07) is 3.93. The van der Waals surface area contributed by atoms with Crippen LogP contribution in [0.2, 0.25) is 0 Å². The lowest BCUT2D eigenvalue weighted by atomic mass is 10.1. The van der Waals surface area contributed by atoms with Crippen molar-refractivity contribution in [1.29, 1.82) is 0 Å². The van der Waals surface area contributed by atoms with Gasteiger partial charge in [0.15, 0.2) is 0 Å². The molecule has 15 heavy (non-hydrogen) atoms. The third kappa shape index (κ3) is 1.89. The average molecular weight is 202 g/mol. The van der Waals surface area contributed by atoms with E-state index < -0.39 is 0 Å². The molecule has 0 spiro atoms. The summed E-state index contributed by atoms with van der Waals surface area (Å²) >= 11 is 0. The molecule has 0 radical (unpaired) electrons. The van der Waals surface area contributed by atoms with Gasteiger partial charge >= 0.3 is 0 Å². The van der Waals surface area contributed by atoms with Crippen molar-refractivity contribution in [3.05, 3.63) is 35.8 Å².